The third-order valence-electron chi connectivity index (χ3n) is 3.41. The van der Waals surface area contributed by atoms with E-state index in [4.69, 9.17) is 4.74 Å². The van der Waals surface area contributed by atoms with Crippen molar-refractivity contribution in [1.82, 2.24) is 9.78 Å². The van der Waals surface area contributed by atoms with Gasteiger partial charge in [-0.1, -0.05) is 45.0 Å². The van der Waals surface area contributed by atoms with Crippen LogP contribution in [0.5, 0.6) is 0 Å². The van der Waals surface area contributed by atoms with Gasteiger partial charge < -0.3 is 10.1 Å². The summed E-state index contributed by atoms with van der Waals surface area (Å²) >= 11 is 0. The van der Waals surface area contributed by atoms with Crippen LogP contribution < -0.4 is 5.32 Å². The van der Waals surface area contributed by atoms with Gasteiger partial charge in [0.1, 0.15) is 12.4 Å². The summed E-state index contributed by atoms with van der Waals surface area (Å²) in [7, 11) is 1.49. The second kappa shape index (κ2) is 6.75. The van der Waals surface area contributed by atoms with Crippen molar-refractivity contribution in [2.45, 2.75) is 32.7 Å². The Labute approximate surface area is 131 Å². The molecule has 2 aromatic rings. The highest BCUT2D eigenvalue weighted by molar-refractivity contribution is 5.90. The van der Waals surface area contributed by atoms with Crippen molar-refractivity contribution in [2.75, 3.05) is 19.0 Å². The summed E-state index contributed by atoms with van der Waals surface area (Å²) < 4.78 is 6.58. The van der Waals surface area contributed by atoms with Crippen molar-refractivity contribution in [3.63, 3.8) is 0 Å². The largest absolute Gasteiger partial charge is 0.375 e. The van der Waals surface area contributed by atoms with Gasteiger partial charge in [-0.25, -0.2) is 4.68 Å². The van der Waals surface area contributed by atoms with Gasteiger partial charge in [-0.2, -0.15) is 5.10 Å². The summed E-state index contributed by atoms with van der Waals surface area (Å²) in [4.78, 5) is 11.6. The van der Waals surface area contributed by atoms with Gasteiger partial charge in [0.25, 0.3) is 5.91 Å². The Balaban J connectivity index is 2.08. The SMILES string of the molecule is COCC(=O)Nc1ccnn1Cc1ccc(C(C)(C)C)cc1. The second-order valence-corrected chi connectivity index (χ2v) is 6.30. The summed E-state index contributed by atoms with van der Waals surface area (Å²) in [5.41, 5.74) is 2.58. The maximum Gasteiger partial charge on any atom is 0.251 e. The summed E-state index contributed by atoms with van der Waals surface area (Å²) in [6, 6.07) is 10.3. The number of nitrogens with zero attached hydrogens (tertiary/aromatic N) is 2. The Morgan fingerprint density at radius 2 is 1.91 bits per heavy atom. The highest BCUT2D eigenvalue weighted by atomic mass is 16.5. The van der Waals surface area contributed by atoms with Gasteiger partial charge in [0.15, 0.2) is 0 Å². The minimum atomic E-state index is -0.188. The molecular formula is C17H23N3O2. The number of methoxy groups -OCH3 is 1. The topological polar surface area (TPSA) is 56.1 Å². The molecule has 0 bridgehead atoms. The normalized spacial score (nSPS) is 11.5. The van der Waals surface area contributed by atoms with Gasteiger partial charge in [-0.05, 0) is 16.5 Å². The lowest BCUT2D eigenvalue weighted by molar-refractivity contribution is -0.119. The van der Waals surface area contributed by atoms with E-state index in [1.165, 1.54) is 12.7 Å². The van der Waals surface area contributed by atoms with E-state index >= 15 is 0 Å². The van der Waals surface area contributed by atoms with Gasteiger partial charge >= 0.3 is 0 Å². The van der Waals surface area contributed by atoms with Gasteiger partial charge in [0, 0.05) is 13.2 Å². The van der Waals surface area contributed by atoms with E-state index in [9.17, 15) is 4.79 Å². The van der Waals surface area contributed by atoms with Crippen molar-refractivity contribution >= 4 is 11.7 Å². The van der Waals surface area contributed by atoms with Crippen LogP contribution in [0.1, 0.15) is 31.9 Å². The van der Waals surface area contributed by atoms with Crippen molar-refractivity contribution in [2.24, 2.45) is 0 Å². The third kappa shape index (κ3) is 4.18. The lowest BCUT2D eigenvalue weighted by Crippen LogP contribution is -2.20. The van der Waals surface area contributed by atoms with E-state index in [1.807, 2.05) is 0 Å². The maximum atomic E-state index is 11.6. The molecule has 0 aliphatic carbocycles. The van der Waals surface area contributed by atoms with Gasteiger partial charge in [0.2, 0.25) is 0 Å². The summed E-state index contributed by atoms with van der Waals surface area (Å²) in [5.74, 6) is 0.481. The van der Waals surface area contributed by atoms with Gasteiger partial charge in [-0.15, -0.1) is 0 Å². The van der Waals surface area contributed by atoms with Crippen molar-refractivity contribution in [1.29, 1.82) is 0 Å². The standard InChI is InChI=1S/C17H23N3O2/c1-17(2,3)14-7-5-13(6-8-14)11-20-15(9-10-18-20)19-16(21)12-22-4/h5-10H,11-12H2,1-4H3,(H,19,21). The quantitative estimate of drug-likeness (QED) is 0.924. The smallest absolute Gasteiger partial charge is 0.251 e. The number of aromatic nitrogens is 2. The zero-order valence-electron chi connectivity index (χ0n) is 13.6. The number of hydrogen-bond acceptors (Lipinski definition) is 3. The van der Waals surface area contributed by atoms with Gasteiger partial charge in [-0.3, -0.25) is 4.79 Å². The molecule has 2 rings (SSSR count). The molecule has 0 saturated heterocycles. The van der Waals surface area contributed by atoms with Crippen LogP contribution in [0, 0.1) is 0 Å². The van der Waals surface area contributed by atoms with E-state index in [0.717, 1.165) is 5.56 Å². The van der Waals surface area contributed by atoms with E-state index in [-0.39, 0.29) is 17.9 Å². The minimum Gasteiger partial charge on any atom is -0.375 e. The lowest BCUT2D eigenvalue weighted by Gasteiger charge is -2.19. The fraction of sp³-hybridized carbons (Fsp3) is 0.412. The molecule has 5 heteroatoms. The molecule has 1 aromatic carbocycles. The van der Waals surface area contributed by atoms with Crippen LogP contribution in [-0.4, -0.2) is 29.4 Å². The molecule has 0 saturated carbocycles. The van der Waals surface area contributed by atoms with E-state index in [0.29, 0.717) is 12.4 Å². The fourth-order valence-corrected chi connectivity index (χ4v) is 2.16. The summed E-state index contributed by atoms with van der Waals surface area (Å²) in [6.45, 7) is 7.22. The van der Waals surface area contributed by atoms with Crippen LogP contribution in [0.15, 0.2) is 36.5 Å². The molecule has 0 unspecified atom stereocenters. The molecule has 0 aliphatic heterocycles. The number of benzene rings is 1. The Hall–Kier alpha value is -2.14. The zero-order chi connectivity index (χ0) is 16.2. The monoisotopic (exact) mass is 301 g/mol. The zero-order valence-corrected chi connectivity index (χ0v) is 13.6. The first-order chi connectivity index (χ1) is 10.4. The molecule has 118 valence electrons. The number of ether oxygens (including phenoxy) is 1. The predicted octanol–water partition coefficient (Wildman–Crippen LogP) is 2.81. The fourth-order valence-electron chi connectivity index (χ4n) is 2.16. The predicted molar refractivity (Wildman–Crippen MR) is 87.0 cm³/mol. The molecule has 5 nitrogen and oxygen atoms in total. The number of carbonyl (C=O) groups excluding carboxylic acids is 1. The minimum absolute atomic E-state index is 0.0332. The Morgan fingerprint density at radius 3 is 2.50 bits per heavy atom. The number of anilines is 1. The van der Waals surface area contributed by atoms with Crippen molar-refractivity contribution in [3.8, 4) is 0 Å². The molecule has 0 spiro atoms. The number of hydrogen-bond donors (Lipinski definition) is 1. The third-order valence-corrected chi connectivity index (χ3v) is 3.41. The van der Waals surface area contributed by atoms with Crippen molar-refractivity contribution < 1.29 is 9.53 Å². The molecule has 1 heterocycles. The molecule has 0 radical (unpaired) electrons. The van der Waals surface area contributed by atoms with E-state index in [1.54, 1.807) is 16.9 Å². The van der Waals surface area contributed by atoms with E-state index < -0.39 is 0 Å². The van der Waals surface area contributed by atoms with Crippen LogP contribution in [-0.2, 0) is 21.5 Å². The van der Waals surface area contributed by atoms with Gasteiger partial charge in [0.05, 0.1) is 12.7 Å². The number of rotatable bonds is 5. The lowest BCUT2D eigenvalue weighted by atomic mass is 9.87. The molecule has 1 aromatic heterocycles. The molecule has 1 amide bonds. The summed E-state index contributed by atoms with van der Waals surface area (Å²) in [5, 5.41) is 7.04. The number of nitrogens with one attached hydrogen (secondary N) is 1. The Kier molecular flexibility index (Phi) is 4.98. The van der Waals surface area contributed by atoms with Crippen LogP contribution in [0.25, 0.3) is 0 Å². The molecule has 0 fully saturated rings. The Bertz CT molecular complexity index is 624. The van der Waals surface area contributed by atoms with Crippen LogP contribution >= 0.6 is 0 Å². The Morgan fingerprint density at radius 1 is 1.23 bits per heavy atom. The average Bonchev–Trinajstić information content (AvgIpc) is 2.86. The first-order valence-corrected chi connectivity index (χ1v) is 7.30. The molecule has 0 atom stereocenters. The maximum absolute atomic E-state index is 11.6. The second-order valence-electron chi connectivity index (χ2n) is 6.30. The van der Waals surface area contributed by atoms with Crippen LogP contribution in [0.4, 0.5) is 5.82 Å². The number of carbonyl (C=O) groups is 1. The molecule has 22 heavy (non-hydrogen) atoms. The summed E-state index contributed by atoms with van der Waals surface area (Å²) in [6.07, 6.45) is 1.67. The van der Waals surface area contributed by atoms with Crippen LogP contribution in [0.2, 0.25) is 0 Å². The first-order valence-electron chi connectivity index (χ1n) is 7.30. The number of amides is 1. The first kappa shape index (κ1) is 16.2. The molecule has 0 aliphatic rings. The van der Waals surface area contributed by atoms with E-state index in [2.05, 4.69) is 55.5 Å². The highest BCUT2D eigenvalue weighted by Crippen LogP contribution is 2.22. The molecule has 1 N–H and O–H groups in total. The van der Waals surface area contributed by atoms with Crippen molar-refractivity contribution in [3.05, 3.63) is 47.7 Å². The average molecular weight is 301 g/mol. The molecular weight excluding hydrogens is 278 g/mol. The van der Waals surface area contributed by atoms with Crippen LogP contribution in [0.3, 0.4) is 0 Å². The highest BCUT2D eigenvalue weighted by Gasteiger charge is 2.13.